The molecule has 2 aliphatic rings. The van der Waals surface area contributed by atoms with Gasteiger partial charge >= 0.3 is 0 Å². The Labute approximate surface area is 101 Å². The highest BCUT2D eigenvalue weighted by molar-refractivity contribution is 4.91. The molecule has 0 aromatic heterocycles. The van der Waals surface area contributed by atoms with Crippen molar-refractivity contribution in [1.82, 2.24) is 5.32 Å². The van der Waals surface area contributed by atoms with E-state index in [9.17, 15) is 0 Å². The van der Waals surface area contributed by atoms with E-state index in [2.05, 4.69) is 33.0 Å². The summed E-state index contributed by atoms with van der Waals surface area (Å²) in [4.78, 5) is 0. The molecule has 2 saturated carbocycles. The fourth-order valence-electron chi connectivity index (χ4n) is 4.00. The van der Waals surface area contributed by atoms with Gasteiger partial charge in [-0.2, -0.15) is 0 Å². The summed E-state index contributed by atoms with van der Waals surface area (Å²) in [7, 11) is 0. The van der Waals surface area contributed by atoms with E-state index in [0.29, 0.717) is 5.41 Å². The van der Waals surface area contributed by atoms with Gasteiger partial charge in [0.25, 0.3) is 0 Å². The zero-order valence-corrected chi connectivity index (χ0v) is 11.6. The molecule has 1 nitrogen and oxygen atoms in total. The van der Waals surface area contributed by atoms with Gasteiger partial charge in [-0.05, 0) is 49.0 Å². The third-order valence-electron chi connectivity index (χ3n) is 5.02. The highest BCUT2D eigenvalue weighted by Crippen LogP contribution is 2.41. The van der Waals surface area contributed by atoms with Gasteiger partial charge in [-0.25, -0.2) is 0 Å². The predicted octanol–water partition coefficient (Wildman–Crippen LogP) is 3.84. The van der Waals surface area contributed by atoms with E-state index in [-0.39, 0.29) is 0 Å². The number of nitrogens with one attached hydrogen (secondary N) is 1. The minimum Gasteiger partial charge on any atom is -0.313 e. The Bertz CT molecular complexity index is 234. The number of hydrogen-bond donors (Lipinski definition) is 1. The van der Waals surface area contributed by atoms with E-state index in [1.54, 1.807) is 0 Å². The van der Waals surface area contributed by atoms with Gasteiger partial charge in [-0.1, -0.05) is 40.5 Å². The van der Waals surface area contributed by atoms with Gasteiger partial charge in [0.05, 0.1) is 0 Å². The van der Waals surface area contributed by atoms with Gasteiger partial charge in [-0.3, -0.25) is 0 Å². The van der Waals surface area contributed by atoms with Gasteiger partial charge in [0, 0.05) is 6.04 Å². The highest BCUT2D eigenvalue weighted by atomic mass is 14.9. The van der Waals surface area contributed by atoms with Crippen molar-refractivity contribution in [2.24, 2.45) is 23.2 Å². The third-order valence-corrected chi connectivity index (χ3v) is 5.02. The van der Waals surface area contributed by atoms with Crippen LogP contribution in [0.1, 0.15) is 59.8 Å². The van der Waals surface area contributed by atoms with Crippen LogP contribution < -0.4 is 5.32 Å². The minimum absolute atomic E-state index is 0.568. The molecule has 16 heavy (non-hydrogen) atoms. The van der Waals surface area contributed by atoms with Crippen LogP contribution in [0.2, 0.25) is 0 Å². The Balaban J connectivity index is 1.78. The molecule has 1 N–H and O–H groups in total. The average Bonchev–Trinajstić information content (AvgIpc) is 2.67. The molecule has 0 aliphatic heterocycles. The van der Waals surface area contributed by atoms with Crippen LogP contribution in [-0.2, 0) is 0 Å². The Hall–Kier alpha value is -0.0400. The molecular weight excluding hydrogens is 194 g/mol. The zero-order valence-electron chi connectivity index (χ0n) is 11.6. The minimum atomic E-state index is 0.568. The standard InChI is InChI=1S/C15H29N/c1-11-6-5-7-13(11)10-16-14-9-15(3,4)8-12(14)2/h11-14,16H,5-10H2,1-4H3. The molecule has 0 aromatic rings. The van der Waals surface area contributed by atoms with Crippen molar-refractivity contribution in [2.75, 3.05) is 6.54 Å². The number of hydrogen-bond acceptors (Lipinski definition) is 1. The Morgan fingerprint density at radius 2 is 1.81 bits per heavy atom. The molecule has 0 bridgehead atoms. The summed E-state index contributed by atoms with van der Waals surface area (Å²) in [5.74, 6) is 2.78. The smallest absolute Gasteiger partial charge is 0.00980 e. The summed E-state index contributed by atoms with van der Waals surface area (Å²) in [5, 5.41) is 3.86. The number of rotatable bonds is 3. The van der Waals surface area contributed by atoms with Crippen molar-refractivity contribution in [3.63, 3.8) is 0 Å². The molecule has 0 spiro atoms. The normalized spacial score (nSPS) is 42.8. The molecule has 94 valence electrons. The van der Waals surface area contributed by atoms with Crippen LogP contribution >= 0.6 is 0 Å². The Morgan fingerprint density at radius 1 is 1.06 bits per heavy atom. The van der Waals surface area contributed by atoms with Crippen molar-refractivity contribution < 1.29 is 0 Å². The second-order valence-electron chi connectivity index (χ2n) is 7.23. The third kappa shape index (κ3) is 2.80. The molecule has 2 aliphatic carbocycles. The lowest BCUT2D eigenvalue weighted by Crippen LogP contribution is -2.36. The van der Waals surface area contributed by atoms with Crippen LogP contribution in [0.25, 0.3) is 0 Å². The largest absolute Gasteiger partial charge is 0.313 e. The summed E-state index contributed by atoms with van der Waals surface area (Å²) in [6.45, 7) is 11.0. The Morgan fingerprint density at radius 3 is 2.31 bits per heavy atom. The molecule has 0 saturated heterocycles. The van der Waals surface area contributed by atoms with Crippen molar-refractivity contribution >= 4 is 0 Å². The fraction of sp³-hybridized carbons (Fsp3) is 1.00. The van der Waals surface area contributed by atoms with E-state index in [4.69, 9.17) is 0 Å². The topological polar surface area (TPSA) is 12.0 Å². The van der Waals surface area contributed by atoms with Crippen LogP contribution in [-0.4, -0.2) is 12.6 Å². The van der Waals surface area contributed by atoms with E-state index >= 15 is 0 Å². The maximum atomic E-state index is 3.86. The van der Waals surface area contributed by atoms with Crippen LogP contribution in [0.3, 0.4) is 0 Å². The first-order chi connectivity index (χ1) is 7.48. The lowest BCUT2D eigenvalue weighted by atomic mass is 9.91. The van der Waals surface area contributed by atoms with Gasteiger partial charge < -0.3 is 5.32 Å². The summed E-state index contributed by atoms with van der Waals surface area (Å²) >= 11 is 0. The van der Waals surface area contributed by atoms with Crippen molar-refractivity contribution in [3.05, 3.63) is 0 Å². The van der Waals surface area contributed by atoms with E-state index in [1.165, 1.54) is 38.6 Å². The SMILES string of the molecule is CC1CCCC1CNC1CC(C)(C)CC1C. The van der Waals surface area contributed by atoms with Gasteiger partial charge in [-0.15, -0.1) is 0 Å². The quantitative estimate of drug-likeness (QED) is 0.766. The van der Waals surface area contributed by atoms with Gasteiger partial charge in [0.2, 0.25) is 0 Å². The van der Waals surface area contributed by atoms with E-state index in [0.717, 1.165) is 23.8 Å². The molecule has 0 amide bonds. The maximum absolute atomic E-state index is 3.86. The maximum Gasteiger partial charge on any atom is 0.00980 e. The monoisotopic (exact) mass is 223 g/mol. The van der Waals surface area contributed by atoms with Crippen LogP contribution in [0.5, 0.6) is 0 Å². The first-order valence-electron chi connectivity index (χ1n) is 7.21. The van der Waals surface area contributed by atoms with Crippen molar-refractivity contribution in [3.8, 4) is 0 Å². The van der Waals surface area contributed by atoms with E-state index < -0.39 is 0 Å². The van der Waals surface area contributed by atoms with Gasteiger partial charge in [0.1, 0.15) is 0 Å². The van der Waals surface area contributed by atoms with Gasteiger partial charge in [0.15, 0.2) is 0 Å². The molecule has 4 atom stereocenters. The molecule has 4 unspecified atom stereocenters. The Kier molecular flexibility index (Phi) is 3.63. The predicted molar refractivity (Wildman–Crippen MR) is 70.5 cm³/mol. The summed E-state index contributed by atoms with van der Waals surface area (Å²) < 4.78 is 0. The zero-order chi connectivity index (χ0) is 11.8. The first-order valence-corrected chi connectivity index (χ1v) is 7.21. The molecule has 0 heterocycles. The molecule has 1 heteroatoms. The fourth-order valence-corrected chi connectivity index (χ4v) is 4.00. The van der Waals surface area contributed by atoms with Crippen LogP contribution in [0.4, 0.5) is 0 Å². The van der Waals surface area contributed by atoms with E-state index in [1.807, 2.05) is 0 Å². The molecule has 2 fully saturated rings. The average molecular weight is 223 g/mol. The lowest BCUT2D eigenvalue weighted by molar-refractivity contribution is 0.333. The summed E-state index contributed by atoms with van der Waals surface area (Å²) in [6, 6.07) is 0.780. The highest BCUT2D eigenvalue weighted by Gasteiger charge is 2.36. The van der Waals surface area contributed by atoms with Crippen LogP contribution in [0.15, 0.2) is 0 Å². The van der Waals surface area contributed by atoms with Crippen molar-refractivity contribution in [2.45, 2.75) is 65.8 Å². The summed E-state index contributed by atoms with van der Waals surface area (Å²) in [5.41, 5.74) is 0.568. The lowest BCUT2D eigenvalue weighted by Gasteiger charge is -2.23. The second-order valence-corrected chi connectivity index (χ2v) is 7.23. The molecular formula is C15H29N. The first kappa shape index (κ1) is 12.4. The molecule has 2 rings (SSSR count). The molecule has 0 aromatic carbocycles. The van der Waals surface area contributed by atoms with Crippen LogP contribution in [0, 0.1) is 23.2 Å². The summed E-state index contributed by atoms with van der Waals surface area (Å²) in [6.07, 6.45) is 7.14. The second kappa shape index (κ2) is 4.68. The van der Waals surface area contributed by atoms with Crippen molar-refractivity contribution in [1.29, 1.82) is 0 Å². The molecule has 0 radical (unpaired) electrons.